The maximum atomic E-state index is 13.0. The first-order valence-corrected chi connectivity index (χ1v) is 31.7. The minimum Gasteiger partial charge on any atom is -0.463 e. The summed E-state index contributed by atoms with van der Waals surface area (Å²) in [6, 6.07) is 0. The van der Waals surface area contributed by atoms with Crippen molar-refractivity contribution in [3.05, 3.63) is 11.6 Å². The van der Waals surface area contributed by atoms with Gasteiger partial charge in [0.15, 0.2) is 31.5 Å². The van der Waals surface area contributed by atoms with Crippen LogP contribution in [0.15, 0.2) is 11.6 Å². The van der Waals surface area contributed by atoms with Gasteiger partial charge in [-0.2, -0.15) is 0 Å². The van der Waals surface area contributed by atoms with Gasteiger partial charge in [-0.1, -0.05) is 46.3 Å². The molecule has 0 aromatic rings. The molecule has 0 amide bonds. The highest BCUT2D eigenvalue weighted by Gasteiger charge is 2.72. The summed E-state index contributed by atoms with van der Waals surface area (Å²) in [7, 11) is 0. The van der Waals surface area contributed by atoms with E-state index in [1.54, 1.807) is 0 Å². The molecule has 0 aromatic carbocycles. The van der Waals surface area contributed by atoms with Gasteiger partial charge in [0.2, 0.25) is 0 Å². The monoisotopic (exact) mass is 1280 g/mol. The van der Waals surface area contributed by atoms with Crippen LogP contribution >= 0.6 is 0 Å². The summed E-state index contributed by atoms with van der Waals surface area (Å²) in [6.07, 6.45) is -33.2. The van der Waals surface area contributed by atoms with Crippen LogP contribution in [-0.2, 0) is 56.9 Å². The first-order valence-electron chi connectivity index (χ1n) is 31.7. The third-order valence-electron chi connectivity index (χ3n) is 22.9. The van der Waals surface area contributed by atoms with Gasteiger partial charge in [0.1, 0.15) is 123 Å². The van der Waals surface area contributed by atoms with E-state index in [0.29, 0.717) is 44.9 Å². The standard InChI is InChI=1S/C61H102O28/c1-25(2)11-10-15-61(9,89-55-50(78)45(73)41(69)33(85-55)24-82-53-48(76)44(72)40(68)32(84-53)23-81-52-47(75)38(66)29(65)21-80-52)27-12-17-60(8)37(27)28(64)19-35-58(6)16-14-36(57(4,5)34(58)13-18-59(35,60)7)87-56-51(46(74)42(70)31(86-56)22-79-26(3)63)88-54-49(77)43(71)39(67)30(20-62)83-54/h11,27-56,62,64-78H,10,12-24H2,1-9H3/t27-,28+,29+,30+,31+,32+,33+,34-,35+,36-,37-,38-,39+,40+,41+,42+,43-,44-,45-,46-,47+,48+,49+,50+,51+,52-,53+,54-,55-,56-,58-,59+,60+,61-/m0/s1. The van der Waals surface area contributed by atoms with Crippen LogP contribution in [-0.4, -0.2) is 286 Å². The zero-order valence-corrected chi connectivity index (χ0v) is 52.4. The van der Waals surface area contributed by atoms with Gasteiger partial charge in [-0.05, 0) is 124 Å². The molecule has 5 aliphatic heterocycles. The Morgan fingerprint density at radius 2 is 1.07 bits per heavy atom. The quantitative estimate of drug-likeness (QED) is 0.0345. The molecule has 4 aliphatic carbocycles. The smallest absolute Gasteiger partial charge is 0.302 e. The Morgan fingerprint density at radius 3 is 1.69 bits per heavy atom. The predicted octanol–water partition coefficient (Wildman–Crippen LogP) is -3.17. The molecule has 5 saturated heterocycles. The Labute approximate surface area is 518 Å². The van der Waals surface area contributed by atoms with Crippen molar-refractivity contribution in [2.24, 2.45) is 45.3 Å². The van der Waals surface area contributed by atoms with Crippen LogP contribution in [0, 0.1) is 45.3 Å². The molecule has 5 heterocycles. The fraction of sp³-hybridized carbons (Fsp3) is 0.951. The van der Waals surface area contributed by atoms with Crippen LogP contribution in [0.3, 0.4) is 0 Å². The minimum atomic E-state index is -1.86. The number of carbonyl (C=O) groups excluding carboxylic acids is 1. The number of allylic oxidation sites excluding steroid dienone is 2. The lowest BCUT2D eigenvalue weighted by Gasteiger charge is -2.71. The highest BCUT2D eigenvalue weighted by atomic mass is 16.8. The summed E-state index contributed by atoms with van der Waals surface area (Å²) in [5, 5.41) is 175. The van der Waals surface area contributed by atoms with Crippen LogP contribution in [0.1, 0.15) is 120 Å². The zero-order chi connectivity index (χ0) is 65.4. The molecule has 0 spiro atoms. The van der Waals surface area contributed by atoms with Gasteiger partial charge < -0.3 is 134 Å². The van der Waals surface area contributed by atoms with Crippen molar-refractivity contribution in [3.63, 3.8) is 0 Å². The summed E-state index contributed by atoms with van der Waals surface area (Å²) in [4.78, 5) is 11.9. The molecular weight excluding hydrogens is 1180 g/mol. The normalized spacial score (nSPS) is 51.5. The summed E-state index contributed by atoms with van der Waals surface area (Å²) in [5.74, 6) is -1.35. The fourth-order valence-electron chi connectivity index (χ4n) is 17.5. The Kier molecular flexibility index (Phi) is 22.3. The van der Waals surface area contributed by atoms with Crippen molar-refractivity contribution >= 4 is 5.97 Å². The number of hydrogen-bond donors (Lipinski definition) is 16. The van der Waals surface area contributed by atoms with E-state index < -0.39 is 208 Å². The van der Waals surface area contributed by atoms with E-state index in [9.17, 15) is 86.5 Å². The van der Waals surface area contributed by atoms with Crippen LogP contribution < -0.4 is 0 Å². The molecule has 34 atom stereocenters. The second-order valence-corrected chi connectivity index (χ2v) is 28.8. The zero-order valence-electron chi connectivity index (χ0n) is 52.4. The number of aliphatic hydroxyl groups excluding tert-OH is 16. The number of ether oxygens (including phenoxy) is 11. The predicted molar refractivity (Wildman–Crippen MR) is 302 cm³/mol. The maximum absolute atomic E-state index is 13.0. The average Bonchev–Trinajstić information content (AvgIpc) is 1.67. The van der Waals surface area contributed by atoms with Gasteiger partial charge in [0, 0.05) is 6.92 Å². The van der Waals surface area contributed by atoms with Crippen molar-refractivity contribution < 1.29 is 139 Å². The maximum Gasteiger partial charge on any atom is 0.302 e. The number of aliphatic hydroxyl groups is 16. The highest BCUT2D eigenvalue weighted by molar-refractivity contribution is 5.65. The van der Waals surface area contributed by atoms with Gasteiger partial charge in [0.05, 0.1) is 44.2 Å². The van der Waals surface area contributed by atoms with Crippen LogP contribution in [0.25, 0.3) is 0 Å². The average molecular weight is 1280 g/mol. The van der Waals surface area contributed by atoms with E-state index >= 15 is 0 Å². The molecule has 0 aromatic heterocycles. The van der Waals surface area contributed by atoms with E-state index in [1.165, 1.54) is 6.92 Å². The van der Waals surface area contributed by atoms with Crippen molar-refractivity contribution in [2.45, 2.75) is 285 Å². The first kappa shape index (κ1) is 71.5. The first-order chi connectivity index (χ1) is 41.6. The lowest BCUT2D eigenvalue weighted by atomic mass is 9.35. The van der Waals surface area contributed by atoms with Crippen molar-refractivity contribution in [3.8, 4) is 0 Å². The molecule has 0 bridgehead atoms. The molecule has 89 heavy (non-hydrogen) atoms. The second-order valence-electron chi connectivity index (χ2n) is 28.8. The van der Waals surface area contributed by atoms with Gasteiger partial charge in [0.25, 0.3) is 0 Å². The number of hydrogen-bond acceptors (Lipinski definition) is 28. The van der Waals surface area contributed by atoms with Crippen LogP contribution in [0.4, 0.5) is 0 Å². The van der Waals surface area contributed by atoms with Crippen LogP contribution in [0.2, 0.25) is 0 Å². The number of esters is 1. The Hall–Kier alpha value is -1.83. The van der Waals surface area contributed by atoms with E-state index in [1.807, 2.05) is 20.8 Å². The van der Waals surface area contributed by atoms with Gasteiger partial charge in [-0.3, -0.25) is 4.79 Å². The lowest BCUT2D eigenvalue weighted by Crippen LogP contribution is -2.68. The van der Waals surface area contributed by atoms with Crippen molar-refractivity contribution in [1.29, 1.82) is 0 Å². The highest BCUT2D eigenvalue weighted by Crippen LogP contribution is 2.76. The Bertz CT molecular complexity index is 2390. The summed E-state index contributed by atoms with van der Waals surface area (Å²) >= 11 is 0. The largest absolute Gasteiger partial charge is 0.463 e. The number of rotatable bonds is 19. The summed E-state index contributed by atoms with van der Waals surface area (Å²) in [5.41, 5.74) is -1.90. The molecule has 9 fully saturated rings. The van der Waals surface area contributed by atoms with E-state index in [-0.39, 0.29) is 41.1 Å². The molecule has 9 rings (SSSR count). The number of fused-ring (bicyclic) bond motifs is 5. The van der Waals surface area contributed by atoms with Gasteiger partial charge in [-0.25, -0.2) is 0 Å². The topological polar surface area (TPSA) is 442 Å². The van der Waals surface area contributed by atoms with Crippen molar-refractivity contribution in [2.75, 3.05) is 33.0 Å². The molecule has 0 unspecified atom stereocenters. The second kappa shape index (κ2) is 27.7. The summed E-state index contributed by atoms with van der Waals surface area (Å²) in [6.45, 7) is 15.5. The molecule has 514 valence electrons. The molecular formula is C61H102O28. The fourth-order valence-corrected chi connectivity index (χ4v) is 17.5. The van der Waals surface area contributed by atoms with Gasteiger partial charge in [-0.15, -0.1) is 0 Å². The van der Waals surface area contributed by atoms with Gasteiger partial charge >= 0.3 is 5.97 Å². The van der Waals surface area contributed by atoms with Crippen LogP contribution in [0.5, 0.6) is 0 Å². The van der Waals surface area contributed by atoms with E-state index in [0.717, 1.165) is 18.4 Å². The lowest BCUT2D eigenvalue weighted by molar-refractivity contribution is -0.378. The Balaban J connectivity index is 0.909. The SMILES string of the molecule is CC(=O)OC[C@H]1O[C@@H](O[C@H]2CC[C@]3(C)[C@H]4C[C@@H](O)[C@@H]5[C@@H]([C@](C)(CCC=C(C)C)O[C@@H]6O[C@H](CO[C@@H]7O[C@H](CO[C@@H]8OC[C@@H](O)[C@H](O)[C@H]8O)[C@@H](O)[C@H](O)[C@H]7O)[C@@H](O)[C@H](O)[C@H]6O)CC[C@@]5(C)[C@]4(C)CC[C@H]3C2(C)C)[C@H](O[C@@H]2O[C@H](CO)[C@@H](O)[C@H](O)[C@H]2O)[C@@H](O)[C@@H]1O. The summed E-state index contributed by atoms with van der Waals surface area (Å²) < 4.78 is 65.9. The minimum absolute atomic E-state index is 0.0114. The molecule has 9 aliphatic rings. The molecule has 4 saturated carbocycles. The van der Waals surface area contributed by atoms with E-state index in [4.69, 9.17) is 52.1 Å². The van der Waals surface area contributed by atoms with Crippen molar-refractivity contribution in [1.82, 2.24) is 0 Å². The third-order valence-corrected chi connectivity index (χ3v) is 22.9. The molecule has 28 heteroatoms. The number of carbonyl (C=O) groups is 1. The molecule has 0 radical (unpaired) electrons. The Morgan fingerprint density at radius 1 is 0.539 bits per heavy atom. The molecule has 16 N–H and O–H groups in total. The third kappa shape index (κ3) is 13.4. The molecule has 28 nitrogen and oxygen atoms in total. The van der Waals surface area contributed by atoms with E-state index in [2.05, 4.69) is 40.7 Å².